The van der Waals surface area contributed by atoms with Crippen LogP contribution >= 0.6 is 0 Å². The van der Waals surface area contributed by atoms with E-state index in [2.05, 4.69) is 206 Å². The van der Waals surface area contributed by atoms with Crippen LogP contribution in [0, 0.1) is 17.8 Å². The summed E-state index contributed by atoms with van der Waals surface area (Å²) in [6, 6.07) is 66.7. The van der Waals surface area contributed by atoms with E-state index in [4.69, 9.17) is 0 Å². The van der Waals surface area contributed by atoms with Crippen molar-refractivity contribution in [1.82, 2.24) is 0 Å². The van der Waals surface area contributed by atoms with Crippen molar-refractivity contribution in [3.63, 3.8) is 0 Å². The lowest BCUT2D eigenvalue weighted by atomic mass is 9.60. The van der Waals surface area contributed by atoms with Crippen molar-refractivity contribution in [2.45, 2.75) is 88.9 Å². The standard InChI is InChI=1S/C59H58N2/c1-41-14-12-13-37-59(41,45-25-31-50(32-26-45)60(47-15-6-4-7-16-47)49-29-23-43(24-30-49)55-39-42-21-22-44(55)38-42)46-27-33-51(34-28-46)61(48-17-8-5-9-18-48)52-35-36-54-53-19-10-11-20-56(53)58(2,3)57(54)40-52/h4-11,15-20,23-36,40-42,44,55H,12-14,21-22,37-39H2,1-3H3. The molecule has 0 aromatic heterocycles. The highest BCUT2D eigenvalue weighted by Gasteiger charge is 2.42. The van der Waals surface area contributed by atoms with Crippen LogP contribution in [-0.2, 0) is 10.8 Å². The second-order valence-electron chi connectivity index (χ2n) is 19.3. The van der Waals surface area contributed by atoms with Crippen molar-refractivity contribution in [2.24, 2.45) is 17.8 Å². The molecule has 0 spiro atoms. The van der Waals surface area contributed by atoms with Gasteiger partial charge in [0, 0.05) is 45.0 Å². The van der Waals surface area contributed by atoms with Crippen LogP contribution in [0.25, 0.3) is 11.1 Å². The van der Waals surface area contributed by atoms with Crippen LogP contribution in [0.5, 0.6) is 0 Å². The Morgan fingerprint density at radius 2 is 0.984 bits per heavy atom. The van der Waals surface area contributed by atoms with Gasteiger partial charge in [0.25, 0.3) is 0 Å². The SMILES string of the molecule is CC1CCCCC1(c1ccc(N(c2ccccc2)c2ccc(C3CC4CCC3C4)cc2)cc1)c1ccc(N(c2ccccc2)c2ccc3c(c2)C(C)(C)c2ccccc2-3)cc1. The van der Waals surface area contributed by atoms with Gasteiger partial charge in [0.15, 0.2) is 0 Å². The number of anilines is 6. The van der Waals surface area contributed by atoms with Gasteiger partial charge in [0.2, 0.25) is 0 Å². The Bertz CT molecular complexity index is 2640. The molecule has 0 radical (unpaired) electrons. The highest BCUT2D eigenvalue weighted by Crippen LogP contribution is 2.54. The molecule has 3 saturated carbocycles. The van der Waals surface area contributed by atoms with Crippen molar-refractivity contribution in [3.05, 3.63) is 204 Å². The third-order valence-corrected chi connectivity index (χ3v) is 15.8. The van der Waals surface area contributed by atoms with E-state index in [1.807, 2.05) is 0 Å². The quantitative estimate of drug-likeness (QED) is 0.144. The molecule has 3 fully saturated rings. The van der Waals surface area contributed by atoms with Crippen molar-refractivity contribution >= 4 is 34.1 Å². The molecule has 304 valence electrons. The molecule has 61 heavy (non-hydrogen) atoms. The van der Waals surface area contributed by atoms with Gasteiger partial charge in [-0.3, -0.25) is 0 Å². The Morgan fingerprint density at radius 1 is 0.459 bits per heavy atom. The second-order valence-corrected chi connectivity index (χ2v) is 19.3. The molecular weight excluding hydrogens is 737 g/mol. The van der Waals surface area contributed by atoms with Crippen molar-refractivity contribution in [3.8, 4) is 11.1 Å². The molecule has 11 rings (SSSR count). The maximum atomic E-state index is 2.50. The maximum Gasteiger partial charge on any atom is 0.0465 e. The van der Waals surface area contributed by atoms with E-state index in [-0.39, 0.29) is 10.8 Å². The van der Waals surface area contributed by atoms with Crippen LogP contribution in [0.2, 0.25) is 0 Å². The third-order valence-electron chi connectivity index (χ3n) is 15.8. The minimum Gasteiger partial charge on any atom is -0.311 e. The van der Waals surface area contributed by atoms with Crippen LogP contribution in [0.15, 0.2) is 176 Å². The maximum absolute atomic E-state index is 2.50. The normalized spacial score (nSPS) is 23.3. The Hall–Kier alpha value is -5.86. The fourth-order valence-electron chi connectivity index (χ4n) is 12.6. The summed E-state index contributed by atoms with van der Waals surface area (Å²) >= 11 is 0. The zero-order valence-corrected chi connectivity index (χ0v) is 36.1. The fraction of sp³-hybridized carbons (Fsp3) is 0.288. The van der Waals surface area contributed by atoms with E-state index in [1.54, 1.807) is 0 Å². The molecule has 0 N–H and O–H groups in total. The van der Waals surface area contributed by atoms with Gasteiger partial charge in [0.05, 0.1) is 0 Å². The van der Waals surface area contributed by atoms with E-state index >= 15 is 0 Å². The summed E-state index contributed by atoms with van der Waals surface area (Å²) in [5.41, 5.74) is 16.9. The van der Waals surface area contributed by atoms with Crippen molar-refractivity contribution in [2.75, 3.05) is 9.80 Å². The summed E-state index contributed by atoms with van der Waals surface area (Å²) in [5, 5.41) is 0. The monoisotopic (exact) mass is 794 g/mol. The number of hydrogen-bond acceptors (Lipinski definition) is 2. The average Bonchev–Trinajstić information content (AvgIpc) is 4.01. The number of fused-ring (bicyclic) bond motifs is 5. The summed E-state index contributed by atoms with van der Waals surface area (Å²) in [6.07, 6.45) is 10.6. The van der Waals surface area contributed by atoms with Gasteiger partial charge in [-0.1, -0.05) is 143 Å². The molecule has 4 aliphatic carbocycles. The van der Waals surface area contributed by atoms with Crippen LogP contribution in [0.4, 0.5) is 34.1 Å². The first-order chi connectivity index (χ1) is 29.9. The largest absolute Gasteiger partial charge is 0.311 e. The minimum atomic E-state index is -0.0648. The molecule has 0 aliphatic heterocycles. The van der Waals surface area contributed by atoms with E-state index < -0.39 is 0 Å². The predicted molar refractivity (Wildman–Crippen MR) is 256 cm³/mol. The molecule has 7 aromatic carbocycles. The van der Waals surface area contributed by atoms with E-state index in [9.17, 15) is 0 Å². The van der Waals surface area contributed by atoms with Gasteiger partial charge in [0.1, 0.15) is 0 Å². The average molecular weight is 795 g/mol. The summed E-state index contributed by atoms with van der Waals surface area (Å²) in [6.45, 7) is 7.24. The first-order valence-corrected chi connectivity index (χ1v) is 23.1. The summed E-state index contributed by atoms with van der Waals surface area (Å²) < 4.78 is 0. The summed E-state index contributed by atoms with van der Waals surface area (Å²) in [4.78, 5) is 4.88. The minimum absolute atomic E-state index is 0.0594. The van der Waals surface area contributed by atoms with E-state index in [0.29, 0.717) is 5.92 Å². The first-order valence-electron chi connectivity index (χ1n) is 23.1. The Balaban J connectivity index is 0.938. The van der Waals surface area contributed by atoms with Gasteiger partial charge in [-0.05, 0) is 168 Å². The van der Waals surface area contributed by atoms with Crippen LogP contribution in [0.3, 0.4) is 0 Å². The van der Waals surface area contributed by atoms with E-state index in [1.165, 1.54) is 118 Å². The third kappa shape index (κ3) is 6.44. The highest BCUT2D eigenvalue weighted by molar-refractivity contribution is 5.85. The van der Waals surface area contributed by atoms with Gasteiger partial charge >= 0.3 is 0 Å². The second kappa shape index (κ2) is 15.2. The topological polar surface area (TPSA) is 6.48 Å². The molecule has 0 saturated heterocycles. The van der Waals surface area contributed by atoms with Crippen LogP contribution < -0.4 is 9.80 Å². The number of para-hydroxylation sites is 2. The molecule has 0 heterocycles. The molecule has 2 heteroatoms. The van der Waals surface area contributed by atoms with Gasteiger partial charge in [-0.25, -0.2) is 0 Å². The number of hydrogen-bond donors (Lipinski definition) is 0. The van der Waals surface area contributed by atoms with Crippen LogP contribution in [-0.4, -0.2) is 0 Å². The molecule has 4 aliphatic rings. The Kier molecular flexibility index (Phi) is 9.52. The number of rotatable bonds is 9. The van der Waals surface area contributed by atoms with Crippen molar-refractivity contribution < 1.29 is 0 Å². The van der Waals surface area contributed by atoms with Crippen molar-refractivity contribution in [1.29, 1.82) is 0 Å². The lowest BCUT2D eigenvalue weighted by molar-refractivity contribution is 0.244. The Morgan fingerprint density at radius 3 is 1.56 bits per heavy atom. The smallest absolute Gasteiger partial charge is 0.0465 e. The number of benzene rings is 7. The lowest BCUT2D eigenvalue weighted by Gasteiger charge is -2.44. The lowest BCUT2D eigenvalue weighted by Crippen LogP contribution is -2.37. The summed E-state index contributed by atoms with van der Waals surface area (Å²) in [5.74, 6) is 3.10. The Labute approximate surface area is 363 Å². The molecule has 2 nitrogen and oxygen atoms in total. The van der Waals surface area contributed by atoms with Gasteiger partial charge < -0.3 is 9.80 Å². The zero-order valence-electron chi connectivity index (χ0n) is 36.1. The summed E-state index contributed by atoms with van der Waals surface area (Å²) in [7, 11) is 0. The predicted octanol–water partition coefficient (Wildman–Crippen LogP) is 16.3. The molecular formula is C59H58N2. The molecule has 5 atom stereocenters. The van der Waals surface area contributed by atoms with Crippen LogP contribution in [0.1, 0.15) is 106 Å². The highest BCUT2D eigenvalue weighted by atomic mass is 15.1. The fourth-order valence-corrected chi connectivity index (χ4v) is 12.6. The molecule has 7 aromatic rings. The molecule has 2 bridgehead atoms. The zero-order chi connectivity index (χ0) is 41.1. The molecule has 5 unspecified atom stereocenters. The first kappa shape index (κ1) is 38.1. The number of nitrogens with zero attached hydrogens (tertiary/aromatic N) is 2. The van der Waals surface area contributed by atoms with Gasteiger partial charge in [-0.15, -0.1) is 0 Å². The van der Waals surface area contributed by atoms with E-state index in [0.717, 1.165) is 24.2 Å². The molecule has 0 amide bonds. The van der Waals surface area contributed by atoms with Gasteiger partial charge in [-0.2, -0.15) is 0 Å².